The van der Waals surface area contributed by atoms with E-state index in [2.05, 4.69) is 15.3 Å². The zero-order valence-corrected chi connectivity index (χ0v) is 24.9. The Labute approximate surface area is 243 Å². The van der Waals surface area contributed by atoms with Crippen molar-refractivity contribution in [1.82, 2.24) is 19.9 Å². The smallest absolute Gasteiger partial charge is 0.247 e. The molecule has 0 aliphatic carbocycles. The number of aromatic nitrogens is 3. The van der Waals surface area contributed by atoms with Crippen molar-refractivity contribution in [3.63, 3.8) is 0 Å². The lowest BCUT2D eigenvalue weighted by atomic mass is 10.0. The van der Waals surface area contributed by atoms with Crippen molar-refractivity contribution in [3.8, 4) is 17.0 Å². The van der Waals surface area contributed by atoms with Crippen LogP contribution < -0.4 is 10.1 Å². The lowest BCUT2D eigenvalue weighted by Crippen LogP contribution is -2.50. The molecule has 2 aromatic carbocycles. The van der Waals surface area contributed by atoms with Crippen molar-refractivity contribution in [2.45, 2.75) is 45.4 Å². The number of anilines is 1. The molecule has 0 radical (unpaired) electrons. The Hall–Kier alpha value is -3.76. The standard InChI is InChI=1S/C30H33N5O3S2/c1-19(2)28(29(37)33-23-11-13-24(38-5)14-12-23)35(27(36)18-40-30-31-20(3)15-21(4)32-30)16-26-34-25(17-39-26)22-9-7-6-8-10-22/h6-15,17,19,28H,16,18H2,1-5H3,(H,33,37). The summed E-state index contributed by atoms with van der Waals surface area (Å²) in [6, 6.07) is 18.2. The van der Waals surface area contributed by atoms with E-state index in [1.165, 1.54) is 23.1 Å². The van der Waals surface area contributed by atoms with Gasteiger partial charge in [-0.15, -0.1) is 11.3 Å². The molecule has 1 N–H and O–H groups in total. The van der Waals surface area contributed by atoms with Crippen LogP contribution in [0.4, 0.5) is 5.69 Å². The predicted octanol–water partition coefficient (Wildman–Crippen LogP) is 6.01. The minimum atomic E-state index is -0.723. The Morgan fingerprint density at radius 2 is 1.68 bits per heavy atom. The van der Waals surface area contributed by atoms with Gasteiger partial charge in [0.2, 0.25) is 11.8 Å². The lowest BCUT2D eigenvalue weighted by Gasteiger charge is -2.33. The number of nitrogens with zero attached hydrogens (tertiary/aromatic N) is 4. The average Bonchev–Trinajstić information content (AvgIpc) is 3.40. The monoisotopic (exact) mass is 575 g/mol. The molecule has 208 valence electrons. The molecule has 0 spiro atoms. The Morgan fingerprint density at radius 3 is 2.30 bits per heavy atom. The van der Waals surface area contributed by atoms with Gasteiger partial charge in [-0.05, 0) is 50.1 Å². The number of aryl methyl sites for hydroxylation is 2. The van der Waals surface area contributed by atoms with E-state index in [1.54, 1.807) is 36.3 Å². The largest absolute Gasteiger partial charge is 0.497 e. The molecule has 10 heteroatoms. The second-order valence-corrected chi connectivity index (χ2v) is 11.5. The number of rotatable bonds is 11. The Morgan fingerprint density at radius 1 is 1.00 bits per heavy atom. The van der Waals surface area contributed by atoms with E-state index in [0.717, 1.165) is 27.7 Å². The van der Waals surface area contributed by atoms with Crippen LogP contribution >= 0.6 is 23.1 Å². The molecule has 0 aliphatic heterocycles. The van der Waals surface area contributed by atoms with Crippen LogP contribution in [0.5, 0.6) is 5.75 Å². The van der Waals surface area contributed by atoms with Gasteiger partial charge in [-0.1, -0.05) is 55.9 Å². The third-order valence-electron chi connectivity index (χ3n) is 6.13. The van der Waals surface area contributed by atoms with Crippen molar-refractivity contribution in [1.29, 1.82) is 0 Å². The molecule has 8 nitrogen and oxygen atoms in total. The van der Waals surface area contributed by atoms with Crippen LogP contribution in [0.2, 0.25) is 0 Å². The molecule has 0 saturated heterocycles. The molecule has 2 heterocycles. The highest BCUT2D eigenvalue weighted by atomic mass is 32.2. The molecule has 4 aromatic rings. The van der Waals surface area contributed by atoms with Crippen molar-refractivity contribution in [3.05, 3.63) is 82.4 Å². The summed E-state index contributed by atoms with van der Waals surface area (Å²) < 4.78 is 5.22. The first kappa shape index (κ1) is 29.2. The summed E-state index contributed by atoms with van der Waals surface area (Å²) in [7, 11) is 1.59. The summed E-state index contributed by atoms with van der Waals surface area (Å²) in [6.45, 7) is 7.89. The van der Waals surface area contributed by atoms with Gasteiger partial charge in [-0.25, -0.2) is 15.0 Å². The van der Waals surface area contributed by atoms with Gasteiger partial charge in [-0.2, -0.15) is 0 Å². The van der Waals surface area contributed by atoms with Crippen LogP contribution in [0.15, 0.2) is 71.2 Å². The topological polar surface area (TPSA) is 97.3 Å². The van der Waals surface area contributed by atoms with E-state index >= 15 is 0 Å². The van der Waals surface area contributed by atoms with Crippen LogP contribution in [-0.2, 0) is 16.1 Å². The average molecular weight is 576 g/mol. The first-order valence-corrected chi connectivity index (χ1v) is 14.8. The molecule has 2 amide bonds. The van der Waals surface area contributed by atoms with Gasteiger partial charge in [0.1, 0.15) is 16.8 Å². The molecular weight excluding hydrogens is 542 g/mol. The zero-order valence-electron chi connectivity index (χ0n) is 23.2. The molecule has 0 bridgehead atoms. The fourth-order valence-electron chi connectivity index (χ4n) is 4.27. The first-order chi connectivity index (χ1) is 19.2. The van der Waals surface area contributed by atoms with Gasteiger partial charge in [0.15, 0.2) is 5.16 Å². The lowest BCUT2D eigenvalue weighted by molar-refractivity contribution is -0.138. The van der Waals surface area contributed by atoms with Crippen molar-refractivity contribution in [2.24, 2.45) is 5.92 Å². The second kappa shape index (κ2) is 13.5. The van der Waals surface area contributed by atoms with Crippen LogP contribution in [0.3, 0.4) is 0 Å². The fraction of sp³-hybridized carbons (Fsp3) is 0.300. The van der Waals surface area contributed by atoms with Gasteiger partial charge in [-0.3, -0.25) is 9.59 Å². The molecular formula is C30H33N5O3S2. The summed E-state index contributed by atoms with van der Waals surface area (Å²) >= 11 is 2.75. The Balaban J connectivity index is 1.59. The SMILES string of the molecule is COc1ccc(NC(=O)C(C(C)C)N(Cc2nc(-c3ccccc3)cs2)C(=O)CSc2nc(C)cc(C)n2)cc1. The van der Waals surface area contributed by atoms with Gasteiger partial charge in [0.05, 0.1) is 25.1 Å². The van der Waals surface area contributed by atoms with Crippen LogP contribution in [0, 0.1) is 19.8 Å². The van der Waals surface area contributed by atoms with Gasteiger partial charge in [0.25, 0.3) is 0 Å². The Kier molecular flexibility index (Phi) is 9.89. The first-order valence-electron chi connectivity index (χ1n) is 12.9. The number of thiazole rings is 1. The minimum absolute atomic E-state index is 0.0961. The van der Waals surface area contributed by atoms with E-state index in [1.807, 2.05) is 69.5 Å². The number of methoxy groups -OCH3 is 1. The highest BCUT2D eigenvalue weighted by molar-refractivity contribution is 7.99. The summed E-state index contributed by atoms with van der Waals surface area (Å²) in [6.07, 6.45) is 0. The number of carbonyl (C=O) groups is 2. The molecule has 1 atom stereocenters. The number of amides is 2. The maximum atomic E-state index is 13.8. The van der Waals surface area contributed by atoms with E-state index in [-0.39, 0.29) is 30.0 Å². The van der Waals surface area contributed by atoms with Gasteiger partial charge in [0, 0.05) is 28.0 Å². The summed E-state index contributed by atoms with van der Waals surface area (Å²) in [5, 5.41) is 6.25. The van der Waals surface area contributed by atoms with Crippen molar-refractivity contribution in [2.75, 3.05) is 18.2 Å². The van der Waals surface area contributed by atoms with Crippen LogP contribution in [0.25, 0.3) is 11.3 Å². The maximum Gasteiger partial charge on any atom is 0.247 e. The predicted molar refractivity (Wildman–Crippen MR) is 161 cm³/mol. The number of nitrogens with one attached hydrogen (secondary N) is 1. The normalized spacial score (nSPS) is 11.8. The highest BCUT2D eigenvalue weighted by Gasteiger charge is 2.33. The maximum absolute atomic E-state index is 13.8. The number of hydrogen-bond acceptors (Lipinski definition) is 8. The number of hydrogen-bond donors (Lipinski definition) is 1. The molecule has 2 aromatic heterocycles. The molecule has 0 aliphatic rings. The Bertz CT molecular complexity index is 1420. The van der Waals surface area contributed by atoms with Crippen molar-refractivity contribution < 1.29 is 14.3 Å². The number of benzene rings is 2. The number of carbonyl (C=O) groups excluding carboxylic acids is 2. The quantitative estimate of drug-likeness (QED) is 0.173. The third kappa shape index (κ3) is 7.67. The fourth-order valence-corrected chi connectivity index (χ4v) is 5.91. The molecule has 4 rings (SSSR count). The second-order valence-electron chi connectivity index (χ2n) is 9.64. The zero-order chi connectivity index (χ0) is 28.6. The van der Waals surface area contributed by atoms with E-state index in [0.29, 0.717) is 16.6 Å². The van der Waals surface area contributed by atoms with Crippen LogP contribution in [-0.4, -0.2) is 50.6 Å². The summed E-state index contributed by atoms with van der Waals surface area (Å²) in [5.74, 6) is 0.185. The molecule has 1 unspecified atom stereocenters. The van der Waals surface area contributed by atoms with Crippen LogP contribution in [0.1, 0.15) is 30.2 Å². The number of ether oxygens (including phenoxy) is 1. The van der Waals surface area contributed by atoms with E-state index in [4.69, 9.17) is 9.72 Å². The van der Waals surface area contributed by atoms with Crippen molar-refractivity contribution >= 4 is 40.6 Å². The van der Waals surface area contributed by atoms with Gasteiger partial charge < -0.3 is 15.0 Å². The third-order valence-corrected chi connectivity index (χ3v) is 7.79. The molecule has 0 fully saturated rings. The minimum Gasteiger partial charge on any atom is -0.497 e. The summed E-state index contributed by atoms with van der Waals surface area (Å²) in [5.41, 5.74) is 4.16. The van der Waals surface area contributed by atoms with Gasteiger partial charge >= 0.3 is 0 Å². The molecule has 0 saturated carbocycles. The summed E-state index contributed by atoms with van der Waals surface area (Å²) in [4.78, 5) is 42.8. The molecule has 40 heavy (non-hydrogen) atoms. The highest BCUT2D eigenvalue weighted by Crippen LogP contribution is 2.26. The van der Waals surface area contributed by atoms with E-state index < -0.39 is 6.04 Å². The van der Waals surface area contributed by atoms with E-state index in [9.17, 15) is 9.59 Å². The number of thioether (sulfide) groups is 1.